The SMILES string of the molecule is Cc1ccc(C(=O)N2CCC(NC(=O)CCc3c(C)nc(=O)[nH]c3C)CC2)cc1. The number of H-pyrrole nitrogens is 1. The Morgan fingerprint density at radius 3 is 2.41 bits per heavy atom. The second-order valence-electron chi connectivity index (χ2n) is 7.73. The predicted molar refractivity (Wildman–Crippen MR) is 111 cm³/mol. The van der Waals surface area contributed by atoms with Crippen molar-refractivity contribution in [2.24, 2.45) is 0 Å². The lowest BCUT2D eigenvalue weighted by Gasteiger charge is -2.32. The quantitative estimate of drug-likeness (QED) is 0.809. The zero-order chi connectivity index (χ0) is 21.0. The summed E-state index contributed by atoms with van der Waals surface area (Å²) in [5, 5.41) is 3.08. The Morgan fingerprint density at radius 1 is 1.14 bits per heavy atom. The van der Waals surface area contributed by atoms with E-state index in [1.54, 1.807) is 6.92 Å². The molecule has 1 fully saturated rings. The third kappa shape index (κ3) is 5.31. The van der Waals surface area contributed by atoms with Gasteiger partial charge in [0, 0.05) is 42.5 Å². The minimum absolute atomic E-state index is 0.0155. The maximum atomic E-state index is 12.6. The number of hydrogen-bond acceptors (Lipinski definition) is 4. The molecule has 1 saturated heterocycles. The third-order valence-corrected chi connectivity index (χ3v) is 5.50. The fourth-order valence-corrected chi connectivity index (χ4v) is 3.77. The number of rotatable bonds is 5. The van der Waals surface area contributed by atoms with Crippen LogP contribution in [0.1, 0.15) is 52.1 Å². The van der Waals surface area contributed by atoms with Crippen molar-refractivity contribution in [3.05, 3.63) is 62.8 Å². The molecule has 0 unspecified atom stereocenters. The van der Waals surface area contributed by atoms with E-state index < -0.39 is 0 Å². The van der Waals surface area contributed by atoms with Crippen LogP contribution in [0, 0.1) is 20.8 Å². The first kappa shape index (κ1) is 20.8. The predicted octanol–water partition coefficient (Wildman–Crippen LogP) is 2.05. The van der Waals surface area contributed by atoms with Gasteiger partial charge in [0.05, 0.1) is 0 Å². The molecule has 29 heavy (non-hydrogen) atoms. The average molecular weight is 396 g/mol. The van der Waals surface area contributed by atoms with Crippen LogP contribution in [0.5, 0.6) is 0 Å². The lowest BCUT2D eigenvalue weighted by Crippen LogP contribution is -2.46. The van der Waals surface area contributed by atoms with Crippen molar-refractivity contribution in [1.82, 2.24) is 20.2 Å². The molecule has 0 radical (unpaired) electrons. The van der Waals surface area contributed by atoms with Crippen molar-refractivity contribution in [2.75, 3.05) is 13.1 Å². The Bertz CT molecular complexity index is 915. The molecule has 2 aromatic rings. The fourth-order valence-electron chi connectivity index (χ4n) is 3.77. The molecular formula is C22H28N4O3. The maximum absolute atomic E-state index is 12.6. The normalized spacial score (nSPS) is 14.7. The van der Waals surface area contributed by atoms with E-state index in [-0.39, 0.29) is 23.5 Å². The number of aromatic nitrogens is 2. The molecule has 2 N–H and O–H groups in total. The van der Waals surface area contributed by atoms with Crippen LogP contribution in [0.15, 0.2) is 29.1 Å². The number of nitrogens with zero attached hydrogens (tertiary/aromatic N) is 2. The van der Waals surface area contributed by atoms with Crippen molar-refractivity contribution < 1.29 is 9.59 Å². The van der Waals surface area contributed by atoms with Gasteiger partial charge in [0.15, 0.2) is 0 Å². The number of carbonyl (C=O) groups is 2. The lowest BCUT2D eigenvalue weighted by atomic mass is 10.0. The number of nitrogens with one attached hydrogen (secondary N) is 2. The van der Waals surface area contributed by atoms with Crippen molar-refractivity contribution in [2.45, 2.75) is 52.5 Å². The fraction of sp³-hybridized carbons (Fsp3) is 0.455. The molecule has 3 rings (SSSR count). The maximum Gasteiger partial charge on any atom is 0.345 e. The summed E-state index contributed by atoms with van der Waals surface area (Å²) in [6, 6.07) is 7.70. The first-order chi connectivity index (χ1) is 13.8. The Balaban J connectivity index is 1.47. The zero-order valence-electron chi connectivity index (χ0n) is 17.2. The molecule has 1 aromatic carbocycles. The monoisotopic (exact) mass is 396 g/mol. The Labute approximate surface area is 170 Å². The van der Waals surface area contributed by atoms with Gasteiger partial charge in [-0.2, -0.15) is 4.98 Å². The molecule has 1 aliphatic rings. The van der Waals surface area contributed by atoms with Gasteiger partial charge in [0.1, 0.15) is 0 Å². The summed E-state index contributed by atoms with van der Waals surface area (Å²) >= 11 is 0. The highest BCUT2D eigenvalue weighted by molar-refractivity contribution is 5.94. The van der Waals surface area contributed by atoms with E-state index in [4.69, 9.17) is 0 Å². The van der Waals surface area contributed by atoms with Gasteiger partial charge in [-0.1, -0.05) is 17.7 Å². The number of aryl methyl sites for hydroxylation is 3. The number of likely N-dealkylation sites (tertiary alicyclic amines) is 1. The first-order valence-electron chi connectivity index (χ1n) is 10.0. The molecule has 2 amide bonds. The van der Waals surface area contributed by atoms with Crippen LogP contribution in [0.2, 0.25) is 0 Å². The van der Waals surface area contributed by atoms with Crippen LogP contribution in [0.3, 0.4) is 0 Å². The van der Waals surface area contributed by atoms with Crippen molar-refractivity contribution in [3.8, 4) is 0 Å². The van der Waals surface area contributed by atoms with Crippen molar-refractivity contribution >= 4 is 11.8 Å². The van der Waals surface area contributed by atoms with Gasteiger partial charge in [-0.3, -0.25) is 9.59 Å². The second-order valence-corrected chi connectivity index (χ2v) is 7.73. The number of amides is 2. The average Bonchev–Trinajstić information content (AvgIpc) is 2.68. The molecule has 1 aromatic heterocycles. The van der Waals surface area contributed by atoms with Gasteiger partial charge in [-0.05, 0) is 57.7 Å². The van der Waals surface area contributed by atoms with Gasteiger partial charge in [-0.25, -0.2) is 4.79 Å². The molecule has 0 bridgehead atoms. The zero-order valence-corrected chi connectivity index (χ0v) is 17.2. The highest BCUT2D eigenvalue weighted by atomic mass is 16.2. The molecule has 0 saturated carbocycles. The summed E-state index contributed by atoms with van der Waals surface area (Å²) in [6.07, 6.45) is 2.39. The lowest BCUT2D eigenvalue weighted by molar-refractivity contribution is -0.122. The van der Waals surface area contributed by atoms with E-state index in [1.807, 2.05) is 43.0 Å². The number of hydrogen-bond donors (Lipinski definition) is 2. The van der Waals surface area contributed by atoms with Gasteiger partial charge in [0.25, 0.3) is 5.91 Å². The van der Waals surface area contributed by atoms with E-state index >= 15 is 0 Å². The van der Waals surface area contributed by atoms with Crippen LogP contribution in [-0.2, 0) is 11.2 Å². The third-order valence-electron chi connectivity index (χ3n) is 5.50. The minimum Gasteiger partial charge on any atom is -0.353 e. The molecule has 1 aliphatic heterocycles. The summed E-state index contributed by atoms with van der Waals surface area (Å²) < 4.78 is 0. The van der Waals surface area contributed by atoms with Gasteiger partial charge in [0.2, 0.25) is 5.91 Å². The molecule has 0 aliphatic carbocycles. The summed E-state index contributed by atoms with van der Waals surface area (Å²) in [4.78, 5) is 44.8. The van der Waals surface area contributed by atoms with Crippen molar-refractivity contribution in [3.63, 3.8) is 0 Å². The van der Waals surface area contributed by atoms with E-state index in [0.29, 0.717) is 37.2 Å². The molecular weight excluding hydrogens is 368 g/mol. The molecule has 154 valence electrons. The summed E-state index contributed by atoms with van der Waals surface area (Å²) in [7, 11) is 0. The highest BCUT2D eigenvalue weighted by Gasteiger charge is 2.24. The highest BCUT2D eigenvalue weighted by Crippen LogP contribution is 2.15. The standard InChI is InChI=1S/C22H28N4O3/c1-14-4-6-17(7-5-14)21(28)26-12-10-18(11-13-26)25-20(27)9-8-19-15(2)23-22(29)24-16(19)3/h4-7,18H,8-13H2,1-3H3,(H,25,27)(H,23,24,29). The van der Waals surface area contributed by atoms with E-state index in [0.717, 1.165) is 29.7 Å². The topological polar surface area (TPSA) is 95.2 Å². The number of piperidine rings is 1. The Kier molecular flexibility index (Phi) is 6.46. The number of benzene rings is 1. The number of carbonyl (C=O) groups excluding carboxylic acids is 2. The smallest absolute Gasteiger partial charge is 0.345 e. The van der Waals surface area contributed by atoms with E-state index in [2.05, 4.69) is 15.3 Å². The summed E-state index contributed by atoms with van der Waals surface area (Å²) in [5.41, 5.74) is 3.82. The van der Waals surface area contributed by atoms with Crippen molar-refractivity contribution in [1.29, 1.82) is 0 Å². The van der Waals surface area contributed by atoms with E-state index in [9.17, 15) is 14.4 Å². The second kappa shape index (κ2) is 9.03. The van der Waals surface area contributed by atoms with Gasteiger partial charge >= 0.3 is 5.69 Å². The molecule has 0 spiro atoms. The largest absolute Gasteiger partial charge is 0.353 e. The van der Waals surface area contributed by atoms with Gasteiger partial charge in [-0.15, -0.1) is 0 Å². The van der Waals surface area contributed by atoms with Crippen LogP contribution in [-0.4, -0.2) is 45.8 Å². The molecule has 0 atom stereocenters. The molecule has 2 heterocycles. The first-order valence-corrected chi connectivity index (χ1v) is 10.0. The Hall–Kier alpha value is -2.96. The minimum atomic E-state index is -0.361. The summed E-state index contributed by atoms with van der Waals surface area (Å²) in [5.74, 6) is 0.0320. The van der Waals surface area contributed by atoms with Gasteiger partial charge < -0.3 is 15.2 Å². The van der Waals surface area contributed by atoms with Crippen LogP contribution >= 0.6 is 0 Å². The van der Waals surface area contributed by atoms with Crippen LogP contribution < -0.4 is 11.0 Å². The molecule has 7 nitrogen and oxygen atoms in total. The van der Waals surface area contributed by atoms with E-state index in [1.165, 1.54) is 0 Å². The number of aromatic amines is 1. The summed E-state index contributed by atoms with van der Waals surface area (Å²) in [6.45, 7) is 6.89. The van der Waals surface area contributed by atoms with Crippen LogP contribution in [0.4, 0.5) is 0 Å². The molecule has 7 heteroatoms. The van der Waals surface area contributed by atoms with Crippen LogP contribution in [0.25, 0.3) is 0 Å². The Morgan fingerprint density at radius 2 is 1.79 bits per heavy atom.